The van der Waals surface area contributed by atoms with Gasteiger partial charge in [-0.1, -0.05) is 23.2 Å². The van der Waals surface area contributed by atoms with Crippen molar-refractivity contribution in [2.45, 2.75) is 83.1 Å². The summed E-state index contributed by atoms with van der Waals surface area (Å²) in [4.78, 5) is 56.8. The Balaban J connectivity index is 3.02. The minimum Gasteiger partial charge on any atom is -0.467 e. The van der Waals surface area contributed by atoms with Gasteiger partial charge in [-0.25, -0.2) is 4.79 Å². The Morgan fingerprint density at radius 2 is 1.83 bits per heavy atom. The Labute approximate surface area is 214 Å². The molecule has 0 aliphatic carbocycles. The van der Waals surface area contributed by atoms with E-state index in [1.54, 1.807) is 4.90 Å². The van der Waals surface area contributed by atoms with Gasteiger partial charge in [0.05, 0.1) is 19.3 Å². The topological polar surface area (TPSA) is 201 Å². The molecule has 36 heavy (non-hydrogen) atoms. The molecular weight excluding hydrogens is 489 g/mol. The first kappa shape index (κ1) is 31.5. The van der Waals surface area contributed by atoms with E-state index < -0.39 is 48.1 Å². The summed E-state index contributed by atoms with van der Waals surface area (Å²) in [6.45, 7) is 6.02. The Hall–Kier alpha value is -2.50. The highest BCUT2D eigenvalue weighted by atomic mass is 31.0. The predicted octanol–water partition coefficient (Wildman–Crippen LogP) is -1.65. The molecule has 1 saturated heterocycles. The highest BCUT2D eigenvalue weighted by Crippen LogP contribution is 2.21. The van der Waals surface area contributed by atoms with Crippen LogP contribution >= 0.6 is 9.39 Å². The largest absolute Gasteiger partial charge is 0.467 e. The molecule has 0 aromatic rings. The van der Waals surface area contributed by atoms with Crippen molar-refractivity contribution in [1.82, 2.24) is 20.6 Å². The zero-order chi connectivity index (χ0) is 27.4. The number of aliphatic imine (C=N–C) groups is 1. The molecule has 1 aliphatic rings. The van der Waals surface area contributed by atoms with Gasteiger partial charge in [0.25, 0.3) is 0 Å². The van der Waals surface area contributed by atoms with E-state index in [9.17, 15) is 24.3 Å². The minimum atomic E-state index is -1.31. The molecule has 0 saturated carbocycles. The van der Waals surface area contributed by atoms with E-state index in [1.807, 2.05) is 13.8 Å². The molecule has 0 aromatic heterocycles. The van der Waals surface area contributed by atoms with Crippen molar-refractivity contribution in [3.8, 4) is 0 Å². The lowest BCUT2D eigenvalue weighted by molar-refractivity contribution is -0.148. The predicted molar refractivity (Wildman–Crippen MR) is 138 cm³/mol. The smallest absolute Gasteiger partial charge is 0.331 e. The third-order valence-corrected chi connectivity index (χ3v) is 6.26. The normalized spacial score (nSPS) is 18.6. The molecule has 8 N–H and O–H groups in total. The summed E-state index contributed by atoms with van der Waals surface area (Å²) in [6.07, 6.45) is 1.02. The fourth-order valence-electron chi connectivity index (χ4n) is 4.01. The first-order valence-electron chi connectivity index (χ1n) is 12.1. The number of carbonyl (C=O) groups excluding carboxylic acids is 4. The highest BCUT2D eigenvalue weighted by molar-refractivity contribution is 7.13. The second-order valence-electron chi connectivity index (χ2n) is 9.30. The lowest BCUT2D eigenvalue weighted by Gasteiger charge is -2.30. The van der Waals surface area contributed by atoms with Gasteiger partial charge in [-0.3, -0.25) is 24.5 Å². The summed E-state index contributed by atoms with van der Waals surface area (Å²) in [6, 6.07) is -3.55. The van der Waals surface area contributed by atoms with Gasteiger partial charge in [0.2, 0.25) is 17.7 Å². The maximum absolute atomic E-state index is 13.2. The van der Waals surface area contributed by atoms with Gasteiger partial charge in [0.15, 0.2) is 12.0 Å². The fraction of sp³-hybridized carbons (Fsp3) is 0.773. The van der Waals surface area contributed by atoms with Crippen molar-refractivity contribution >= 4 is 39.0 Å². The number of guanidine groups is 1. The standard InChI is InChI=1S/C22H42N7O6P/c1-12(2)11-15(28-36)20(33)29-10-6-8-16(29)19(32)26-14(7-5-9-25-22(23)24)18(31)27-17(13(3)30)21(34)35-4/h12-17,28,30H,5-11,36H2,1-4H3,(H,26,32)(H,27,31)(H4,23,24,25). The quantitative estimate of drug-likeness (QED) is 0.0499. The minimum absolute atomic E-state index is 0.0985. The van der Waals surface area contributed by atoms with E-state index in [0.29, 0.717) is 32.2 Å². The van der Waals surface area contributed by atoms with Crippen LogP contribution in [0.4, 0.5) is 0 Å². The molecule has 14 heteroatoms. The van der Waals surface area contributed by atoms with Crippen LogP contribution in [-0.4, -0.2) is 90.1 Å². The van der Waals surface area contributed by atoms with E-state index in [0.717, 1.165) is 7.11 Å². The number of hydrogen-bond acceptors (Lipinski definition) is 8. The number of hydrogen-bond donors (Lipinski definition) is 6. The van der Waals surface area contributed by atoms with Gasteiger partial charge in [-0.05, 0) is 44.9 Å². The second kappa shape index (κ2) is 15.6. The molecule has 1 rings (SSSR count). The molecule has 6 atom stereocenters. The zero-order valence-electron chi connectivity index (χ0n) is 21.5. The van der Waals surface area contributed by atoms with Gasteiger partial charge < -0.3 is 36.8 Å². The monoisotopic (exact) mass is 531 g/mol. The Bertz CT molecular complexity index is 791. The summed E-state index contributed by atoms with van der Waals surface area (Å²) in [5, 5.41) is 18.0. The summed E-state index contributed by atoms with van der Waals surface area (Å²) in [7, 11) is 3.50. The molecule has 3 amide bonds. The molecule has 1 heterocycles. The third kappa shape index (κ3) is 9.87. The van der Waals surface area contributed by atoms with Gasteiger partial charge in [-0.2, -0.15) is 0 Å². The van der Waals surface area contributed by atoms with Crippen LogP contribution in [0.25, 0.3) is 0 Å². The van der Waals surface area contributed by atoms with Crippen LogP contribution in [0.3, 0.4) is 0 Å². The van der Waals surface area contributed by atoms with Crippen LogP contribution in [0.2, 0.25) is 0 Å². The number of aliphatic hydroxyl groups excluding tert-OH is 1. The summed E-state index contributed by atoms with van der Waals surface area (Å²) < 4.78 is 4.64. The highest BCUT2D eigenvalue weighted by Gasteiger charge is 2.38. The van der Waals surface area contributed by atoms with E-state index in [1.165, 1.54) is 6.92 Å². The van der Waals surface area contributed by atoms with E-state index in [4.69, 9.17) is 11.5 Å². The lowest BCUT2D eigenvalue weighted by Crippen LogP contribution is -2.58. The van der Waals surface area contributed by atoms with Crippen molar-refractivity contribution < 1.29 is 29.0 Å². The van der Waals surface area contributed by atoms with Crippen molar-refractivity contribution in [1.29, 1.82) is 0 Å². The number of methoxy groups -OCH3 is 1. The van der Waals surface area contributed by atoms with Crippen LogP contribution in [0.5, 0.6) is 0 Å². The van der Waals surface area contributed by atoms with Crippen LogP contribution in [0.1, 0.15) is 52.9 Å². The number of ether oxygens (including phenoxy) is 1. The lowest BCUT2D eigenvalue weighted by atomic mass is 10.0. The summed E-state index contributed by atoms with van der Waals surface area (Å²) in [5.74, 6) is -1.97. The van der Waals surface area contributed by atoms with Crippen molar-refractivity contribution in [2.24, 2.45) is 22.4 Å². The molecule has 1 aliphatic heterocycles. The van der Waals surface area contributed by atoms with Crippen molar-refractivity contribution in [3.05, 3.63) is 0 Å². The molecule has 6 unspecified atom stereocenters. The Kier molecular flexibility index (Phi) is 13.6. The average molecular weight is 532 g/mol. The number of carbonyl (C=O) groups is 4. The molecule has 13 nitrogen and oxygen atoms in total. The number of rotatable bonds is 14. The number of esters is 1. The number of nitrogens with zero attached hydrogens (tertiary/aromatic N) is 2. The maximum atomic E-state index is 13.2. The van der Waals surface area contributed by atoms with E-state index in [-0.39, 0.29) is 30.8 Å². The maximum Gasteiger partial charge on any atom is 0.331 e. The average Bonchev–Trinajstić information content (AvgIpc) is 3.31. The van der Waals surface area contributed by atoms with Crippen molar-refractivity contribution in [3.63, 3.8) is 0 Å². The summed E-state index contributed by atoms with van der Waals surface area (Å²) in [5.41, 5.74) is 10.7. The first-order chi connectivity index (χ1) is 16.9. The molecule has 206 valence electrons. The van der Waals surface area contributed by atoms with Gasteiger partial charge in [0.1, 0.15) is 12.1 Å². The van der Waals surface area contributed by atoms with Gasteiger partial charge in [-0.15, -0.1) is 0 Å². The second-order valence-corrected chi connectivity index (χ2v) is 9.63. The molecular formula is C22H42N7O6P. The molecule has 0 aromatic carbocycles. The molecule has 0 spiro atoms. The number of nitrogens with one attached hydrogen (secondary N) is 3. The van der Waals surface area contributed by atoms with Crippen LogP contribution in [0, 0.1) is 5.92 Å². The zero-order valence-corrected chi connectivity index (χ0v) is 22.7. The van der Waals surface area contributed by atoms with Gasteiger partial charge in [0, 0.05) is 13.1 Å². The Morgan fingerprint density at radius 1 is 1.17 bits per heavy atom. The molecule has 0 radical (unpaired) electrons. The number of likely N-dealkylation sites (tertiary alicyclic amines) is 1. The first-order valence-corrected chi connectivity index (χ1v) is 12.7. The van der Waals surface area contributed by atoms with Crippen molar-refractivity contribution in [2.75, 3.05) is 20.2 Å². The van der Waals surface area contributed by atoms with Crippen LogP contribution < -0.4 is 27.2 Å². The van der Waals surface area contributed by atoms with Crippen LogP contribution in [0.15, 0.2) is 4.99 Å². The van der Waals surface area contributed by atoms with E-state index in [2.05, 4.69) is 34.8 Å². The van der Waals surface area contributed by atoms with Crippen LogP contribution in [-0.2, 0) is 23.9 Å². The third-order valence-electron chi connectivity index (χ3n) is 5.86. The Morgan fingerprint density at radius 3 is 2.36 bits per heavy atom. The fourth-order valence-corrected chi connectivity index (χ4v) is 4.29. The van der Waals surface area contributed by atoms with E-state index >= 15 is 0 Å². The number of nitrogens with two attached hydrogens (primary N) is 2. The van der Waals surface area contributed by atoms with Gasteiger partial charge >= 0.3 is 5.97 Å². The number of amides is 3. The molecule has 0 bridgehead atoms. The summed E-state index contributed by atoms with van der Waals surface area (Å²) >= 11 is 0. The molecule has 1 fully saturated rings. The number of aliphatic hydroxyl groups is 1. The SMILES string of the molecule is COC(=O)C(NC(=O)C(CCCN=C(N)N)NC(=O)C1CCCN1C(=O)C(CC(C)C)NP)C(C)O.